The molecule has 0 atom stereocenters. The van der Waals surface area contributed by atoms with Gasteiger partial charge in [0.2, 0.25) is 0 Å². The lowest BCUT2D eigenvalue weighted by Crippen LogP contribution is -2.03. The number of hydrogen-bond acceptors (Lipinski definition) is 6. The molecule has 0 bridgehead atoms. The fraction of sp³-hybridized carbons (Fsp3) is 0.211. The van der Waals surface area contributed by atoms with Crippen molar-refractivity contribution in [3.63, 3.8) is 0 Å². The van der Waals surface area contributed by atoms with E-state index in [1.165, 1.54) is 5.39 Å². The molecule has 0 N–H and O–H groups in total. The van der Waals surface area contributed by atoms with Crippen molar-refractivity contribution in [2.24, 2.45) is 0 Å². The monoisotopic (exact) mass is 359 g/mol. The maximum atomic E-state index is 10.6. The van der Waals surface area contributed by atoms with Gasteiger partial charge in [-0.15, -0.1) is 0 Å². The molecule has 1 heterocycles. The second-order valence-electron chi connectivity index (χ2n) is 4.46. The number of rotatable bonds is 6. The highest BCUT2D eigenvalue weighted by Gasteiger charge is 1.97. The van der Waals surface area contributed by atoms with Crippen LogP contribution in [0.4, 0.5) is 0 Å². The zero-order valence-electron chi connectivity index (χ0n) is 14.3. The fourth-order valence-electron chi connectivity index (χ4n) is 1.72. The molecule has 0 radical (unpaired) electrons. The van der Waals surface area contributed by atoms with E-state index in [0.29, 0.717) is 13.2 Å². The number of aromatic nitrogens is 1. The van der Waals surface area contributed by atoms with Gasteiger partial charge in [-0.1, -0.05) is 42.6 Å². The Kier molecular flexibility index (Phi) is 9.70. The van der Waals surface area contributed by atoms with Gasteiger partial charge in [0.1, 0.15) is 5.03 Å². The third kappa shape index (κ3) is 8.17. The van der Waals surface area contributed by atoms with Crippen LogP contribution in [0, 0.1) is 0 Å². The quantitative estimate of drug-likeness (QED) is 0.439. The number of pyridine rings is 1. The average Bonchev–Trinajstić information content (AvgIpc) is 2.61. The van der Waals surface area contributed by atoms with Gasteiger partial charge in [-0.25, -0.2) is 14.6 Å². The first-order chi connectivity index (χ1) is 12.1. The van der Waals surface area contributed by atoms with Crippen LogP contribution in [0.3, 0.4) is 0 Å². The molecule has 0 amide bonds. The van der Waals surface area contributed by atoms with Gasteiger partial charge in [-0.3, -0.25) is 0 Å². The molecule has 1 aromatic heterocycles. The molecular formula is C19H21NO4S. The van der Waals surface area contributed by atoms with E-state index in [1.54, 1.807) is 31.0 Å². The highest BCUT2D eigenvalue weighted by Crippen LogP contribution is 2.19. The van der Waals surface area contributed by atoms with E-state index >= 15 is 0 Å². The second kappa shape index (κ2) is 11.9. The zero-order chi connectivity index (χ0) is 18.5. The molecule has 0 spiro atoms. The normalized spacial score (nSPS) is 10.0. The van der Waals surface area contributed by atoms with Crippen molar-refractivity contribution in [3.8, 4) is 0 Å². The summed E-state index contributed by atoms with van der Waals surface area (Å²) in [5.74, 6) is -1.07. The average molecular weight is 359 g/mol. The van der Waals surface area contributed by atoms with Crippen LogP contribution in [-0.4, -0.2) is 30.1 Å². The summed E-state index contributed by atoms with van der Waals surface area (Å²) in [6.45, 7) is 7.64. The van der Waals surface area contributed by atoms with Crippen molar-refractivity contribution in [2.45, 2.75) is 18.9 Å². The summed E-state index contributed by atoms with van der Waals surface area (Å²) in [5, 5.41) is 3.96. The first kappa shape index (κ1) is 20.4. The van der Waals surface area contributed by atoms with Gasteiger partial charge in [0.25, 0.3) is 0 Å². The molecule has 0 unspecified atom stereocenters. The summed E-state index contributed by atoms with van der Waals surface area (Å²) < 4.78 is 9.07. The summed E-state index contributed by atoms with van der Waals surface area (Å²) in [4.78, 5) is 25.7. The SMILES string of the molecule is C=CSc1ccc2ccccc2n1.CCOC(=O)/C=C\C(=O)OCC. The minimum atomic E-state index is -0.537. The largest absolute Gasteiger partial charge is 0.463 e. The molecule has 132 valence electrons. The molecule has 1 aromatic carbocycles. The molecule has 5 nitrogen and oxygen atoms in total. The van der Waals surface area contributed by atoms with Gasteiger partial charge >= 0.3 is 11.9 Å². The maximum Gasteiger partial charge on any atom is 0.330 e. The van der Waals surface area contributed by atoms with Gasteiger partial charge in [-0.05, 0) is 31.4 Å². The summed E-state index contributed by atoms with van der Waals surface area (Å²) in [6, 6.07) is 12.2. The summed E-state index contributed by atoms with van der Waals surface area (Å²) in [7, 11) is 0. The first-order valence-corrected chi connectivity index (χ1v) is 8.63. The van der Waals surface area contributed by atoms with Crippen LogP contribution in [0.2, 0.25) is 0 Å². The Morgan fingerprint density at radius 2 is 1.64 bits per heavy atom. The van der Waals surface area contributed by atoms with Gasteiger partial charge < -0.3 is 9.47 Å². The zero-order valence-corrected chi connectivity index (χ0v) is 15.1. The summed E-state index contributed by atoms with van der Waals surface area (Å²) in [6.07, 6.45) is 2.09. The number of ether oxygens (including phenoxy) is 2. The Morgan fingerprint density at radius 1 is 1.04 bits per heavy atom. The van der Waals surface area contributed by atoms with E-state index in [-0.39, 0.29) is 0 Å². The number of benzene rings is 1. The predicted molar refractivity (Wildman–Crippen MR) is 100 cm³/mol. The Labute approximate surface area is 151 Å². The van der Waals surface area contributed by atoms with Crippen LogP contribution in [-0.2, 0) is 19.1 Å². The van der Waals surface area contributed by atoms with Gasteiger partial charge in [0.05, 0.1) is 18.7 Å². The Hall–Kier alpha value is -2.60. The number of para-hydroxylation sites is 1. The number of esters is 2. The van der Waals surface area contributed by atoms with Crippen LogP contribution in [0.15, 0.2) is 65.6 Å². The molecule has 2 rings (SSSR count). The highest BCUT2D eigenvalue weighted by atomic mass is 32.2. The van der Waals surface area contributed by atoms with E-state index in [0.717, 1.165) is 22.7 Å². The van der Waals surface area contributed by atoms with E-state index in [9.17, 15) is 9.59 Å². The summed E-state index contributed by atoms with van der Waals surface area (Å²) in [5.41, 5.74) is 1.04. The smallest absolute Gasteiger partial charge is 0.330 e. The summed E-state index contributed by atoms with van der Waals surface area (Å²) >= 11 is 1.54. The molecule has 6 heteroatoms. The third-order valence-corrected chi connectivity index (χ3v) is 3.34. The minimum absolute atomic E-state index is 0.298. The maximum absolute atomic E-state index is 10.6. The first-order valence-electron chi connectivity index (χ1n) is 7.75. The number of nitrogens with zero attached hydrogens (tertiary/aromatic N) is 1. The van der Waals surface area contributed by atoms with E-state index in [1.807, 2.05) is 24.3 Å². The van der Waals surface area contributed by atoms with Gasteiger partial charge in [-0.2, -0.15) is 0 Å². The van der Waals surface area contributed by atoms with Crippen molar-refractivity contribution in [3.05, 3.63) is 60.5 Å². The van der Waals surface area contributed by atoms with Gasteiger partial charge in [0, 0.05) is 17.5 Å². The van der Waals surface area contributed by atoms with Crippen molar-refractivity contribution in [1.82, 2.24) is 4.98 Å². The number of hydrogen-bond donors (Lipinski definition) is 0. The lowest BCUT2D eigenvalue weighted by molar-refractivity contribution is -0.140. The highest BCUT2D eigenvalue weighted by molar-refractivity contribution is 8.02. The molecule has 0 fully saturated rings. The molecule has 0 aliphatic carbocycles. The minimum Gasteiger partial charge on any atom is -0.463 e. The van der Waals surface area contributed by atoms with Crippen molar-refractivity contribution < 1.29 is 19.1 Å². The van der Waals surface area contributed by atoms with Crippen LogP contribution in [0.5, 0.6) is 0 Å². The van der Waals surface area contributed by atoms with E-state index in [4.69, 9.17) is 0 Å². The molecule has 0 saturated carbocycles. The number of thioether (sulfide) groups is 1. The predicted octanol–water partition coefficient (Wildman–Crippen LogP) is 4.14. The van der Waals surface area contributed by atoms with Crippen LogP contribution >= 0.6 is 11.8 Å². The van der Waals surface area contributed by atoms with Crippen LogP contribution < -0.4 is 0 Å². The lowest BCUT2D eigenvalue weighted by atomic mass is 10.2. The topological polar surface area (TPSA) is 65.5 Å². The van der Waals surface area contributed by atoms with Crippen LogP contribution in [0.1, 0.15) is 13.8 Å². The fourth-order valence-corrected chi connectivity index (χ4v) is 2.18. The third-order valence-electron chi connectivity index (χ3n) is 2.71. The van der Waals surface area contributed by atoms with Crippen molar-refractivity contribution in [1.29, 1.82) is 0 Å². The molecular weight excluding hydrogens is 338 g/mol. The second-order valence-corrected chi connectivity index (χ2v) is 5.45. The van der Waals surface area contributed by atoms with E-state index < -0.39 is 11.9 Å². The Bertz CT molecular complexity index is 723. The molecule has 0 aliphatic heterocycles. The van der Waals surface area contributed by atoms with Crippen LogP contribution in [0.25, 0.3) is 10.9 Å². The van der Waals surface area contributed by atoms with Gasteiger partial charge in [0.15, 0.2) is 0 Å². The Morgan fingerprint density at radius 3 is 2.20 bits per heavy atom. The van der Waals surface area contributed by atoms with E-state index in [2.05, 4.69) is 33.2 Å². The molecule has 0 saturated heterocycles. The Balaban J connectivity index is 0.000000252. The van der Waals surface area contributed by atoms with Crippen molar-refractivity contribution in [2.75, 3.05) is 13.2 Å². The molecule has 0 aliphatic rings. The standard InChI is InChI=1S/C11H9NS.C8H12O4/c1-2-13-11-8-7-9-5-3-4-6-10(9)12-11;1-3-11-7(9)5-6-8(10)12-4-2/h2-8H,1H2;5-6H,3-4H2,1-2H3/b;6-5-. The number of carbonyl (C=O) groups excluding carboxylic acids is 2. The number of carbonyl (C=O) groups is 2. The lowest BCUT2D eigenvalue weighted by Gasteiger charge is -1.98. The molecule has 2 aromatic rings. The number of fused-ring (bicyclic) bond motifs is 1. The van der Waals surface area contributed by atoms with Crippen molar-refractivity contribution >= 4 is 34.6 Å². The molecule has 25 heavy (non-hydrogen) atoms.